The lowest BCUT2D eigenvalue weighted by molar-refractivity contribution is 0.0526. The average molecular weight is 373 g/mol. The molecule has 2 aromatic carbocycles. The Morgan fingerprint density at radius 2 is 1.86 bits per heavy atom. The minimum atomic E-state index is -0.340. The van der Waals surface area contributed by atoms with Crippen molar-refractivity contribution in [2.45, 2.75) is 33.1 Å². The van der Waals surface area contributed by atoms with Crippen molar-refractivity contribution >= 4 is 22.6 Å². The molecule has 0 N–H and O–H groups in total. The molecule has 0 aliphatic carbocycles. The Morgan fingerprint density at radius 3 is 2.54 bits per heavy atom. The van der Waals surface area contributed by atoms with Crippen molar-refractivity contribution in [1.29, 1.82) is 0 Å². The van der Waals surface area contributed by atoms with Crippen LogP contribution in [0.3, 0.4) is 0 Å². The number of nitrogens with zero attached hydrogens (tertiary/aromatic N) is 3. The van der Waals surface area contributed by atoms with E-state index in [0.717, 1.165) is 27.9 Å². The molecule has 5 nitrogen and oxygen atoms in total. The number of ether oxygens (including phenoxy) is 1. The van der Waals surface area contributed by atoms with E-state index in [1.54, 1.807) is 25.3 Å². The molecule has 0 amide bonds. The van der Waals surface area contributed by atoms with Gasteiger partial charge in [0, 0.05) is 18.0 Å². The summed E-state index contributed by atoms with van der Waals surface area (Å²) < 4.78 is 7.13. The smallest absolute Gasteiger partial charge is 0.338 e. The number of imidazole rings is 1. The highest BCUT2D eigenvalue weighted by atomic mass is 16.5. The van der Waals surface area contributed by atoms with Gasteiger partial charge in [0.15, 0.2) is 5.65 Å². The van der Waals surface area contributed by atoms with Gasteiger partial charge in [-0.1, -0.05) is 45.0 Å². The minimum Gasteiger partial charge on any atom is -0.462 e. The number of rotatable bonds is 3. The zero-order chi connectivity index (χ0) is 19.9. The molecule has 5 heteroatoms. The number of carbonyl (C=O) groups excluding carboxylic acids is 1. The Morgan fingerprint density at radius 1 is 1.11 bits per heavy atom. The van der Waals surface area contributed by atoms with Crippen LogP contribution in [-0.4, -0.2) is 26.9 Å². The van der Waals surface area contributed by atoms with E-state index < -0.39 is 0 Å². The molecule has 0 spiro atoms. The third-order valence-corrected chi connectivity index (χ3v) is 4.86. The Labute approximate surface area is 164 Å². The molecule has 4 aromatic rings. The molecule has 2 aromatic heterocycles. The first-order chi connectivity index (χ1) is 13.4. The second-order valence-corrected chi connectivity index (χ2v) is 7.83. The first-order valence-corrected chi connectivity index (χ1v) is 9.43. The molecule has 0 saturated heterocycles. The van der Waals surface area contributed by atoms with Crippen LogP contribution in [0, 0.1) is 0 Å². The van der Waals surface area contributed by atoms with Gasteiger partial charge in [0.2, 0.25) is 0 Å². The highest BCUT2D eigenvalue weighted by Crippen LogP contribution is 2.29. The summed E-state index contributed by atoms with van der Waals surface area (Å²) in [4.78, 5) is 21.5. The van der Waals surface area contributed by atoms with Gasteiger partial charge in [0.25, 0.3) is 0 Å². The molecule has 2 heterocycles. The zero-order valence-corrected chi connectivity index (χ0v) is 16.6. The van der Waals surface area contributed by atoms with Gasteiger partial charge in [-0.25, -0.2) is 14.8 Å². The largest absolute Gasteiger partial charge is 0.462 e. The van der Waals surface area contributed by atoms with Crippen LogP contribution < -0.4 is 0 Å². The van der Waals surface area contributed by atoms with Crippen molar-refractivity contribution in [3.63, 3.8) is 0 Å². The summed E-state index contributed by atoms with van der Waals surface area (Å²) in [6, 6.07) is 13.9. The third-order valence-electron chi connectivity index (χ3n) is 4.86. The molecule has 28 heavy (non-hydrogen) atoms. The Hall–Kier alpha value is -3.21. The van der Waals surface area contributed by atoms with Crippen LogP contribution in [0.25, 0.3) is 27.9 Å². The van der Waals surface area contributed by atoms with Crippen molar-refractivity contribution in [2.24, 2.45) is 0 Å². The highest BCUT2D eigenvalue weighted by molar-refractivity contribution is 5.95. The van der Waals surface area contributed by atoms with E-state index in [4.69, 9.17) is 9.72 Å². The first kappa shape index (κ1) is 18.2. The maximum absolute atomic E-state index is 12.1. The fraction of sp³-hybridized carbons (Fsp3) is 0.261. The van der Waals surface area contributed by atoms with Crippen molar-refractivity contribution in [2.75, 3.05) is 6.61 Å². The Balaban J connectivity index is 1.89. The number of aromatic nitrogens is 3. The zero-order valence-electron chi connectivity index (χ0n) is 16.6. The second-order valence-electron chi connectivity index (χ2n) is 7.83. The van der Waals surface area contributed by atoms with Gasteiger partial charge in [-0.3, -0.25) is 4.40 Å². The summed E-state index contributed by atoms with van der Waals surface area (Å²) in [5.74, 6) is -0.340. The molecular weight excluding hydrogens is 350 g/mol. The van der Waals surface area contributed by atoms with Crippen LogP contribution in [0.4, 0.5) is 0 Å². The molecule has 0 aliphatic heterocycles. The monoisotopic (exact) mass is 373 g/mol. The predicted molar refractivity (Wildman–Crippen MR) is 111 cm³/mol. The van der Waals surface area contributed by atoms with Crippen molar-refractivity contribution in [1.82, 2.24) is 14.4 Å². The van der Waals surface area contributed by atoms with E-state index >= 15 is 0 Å². The maximum atomic E-state index is 12.1. The van der Waals surface area contributed by atoms with Gasteiger partial charge >= 0.3 is 5.97 Å². The van der Waals surface area contributed by atoms with Gasteiger partial charge in [-0.2, -0.15) is 0 Å². The van der Waals surface area contributed by atoms with E-state index in [1.807, 2.05) is 16.7 Å². The predicted octanol–water partition coefficient (Wildman–Crippen LogP) is 5.02. The fourth-order valence-electron chi connectivity index (χ4n) is 3.32. The van der Waals surface area contributed by atoms with Crippen LogP contribution in [0.1, 0.15) is 43.6 Å². The van der Waals surface area contributed by atoms with E-state index in [1.165, 1.54) is 5.56 Å². The van der Waals surface area contributed by atoms with E-state index in [9.17, 15) is 4.79 Å². The molecule has 0 radical (unpaired) electrons. The summed E-state index contributed by atoms with van der Waals surface area (Å²) in [6.45, 7) is 8.72. The standard InChI is InChI=1S/C23H23N3O2/c1-5-28-22(27)16-8-11-19-18(14-16)25-20(21-24-12-13-26(19)21)15-6-9-17(10-7-15)23(2,3)4/h6-14H,5H2,1-4H3. The molecule has 4 rings (SSSR count). The lowest BCUT2D eigenvalue weighted by Gasteiger charge is -2.19. The number of carbonyl (C=O) groups is 1. The SMILES string of the molecule is CCOC(=O)c1ccc2c(c1)nc(-c1ccc(C(C)(C)C)cc1)c1nccn12. The van der Waals surface area contributed by atoms with Crippen molar-refractivity contribution < 1.29 is 9.53 Å². The molecule has 0 unspecified atom stereocenters. The Bertz CT molecular complexity index is 1170. The molecule has 0 fully saturated rings. The van der Waals surface area contributed by atoms with Crippen LogP contribution in [0.5, 0.6) is 0 Å². The molecular formula is C23H23N3O2. The van der Waals surface area contributed by atoms with Crippen LogP contribution >= 0.6 is 0 Å². The van der Waals surface area contributed by atoms with Gasteiger partial charge in [-0.15, -0.1) is 0 Å². The first-order valence-electron chi connectivity index (χ1n) is 9.43. The van der Waals surface area contributed by atoms with Crippen LogP contribution in [-0.2, 0) is 10.2 Å². The number of hydrogen-bond donors (Lipinski definition) is 0. The van der Waals surface area contributed by atoms with Crippen LogP contribution in [0.15, 0.2) is 54.9 Å². The summed E-state index contributed by atoms with van der Waals surface area (Å²) in [7, 11) is 0. The van der Waals surface area contributed by atoms with Gasteiger partial charge in [0.1, 0.15) is 5.69 Å². The number of hydrogen-bond acceptors (Lipinski definition) is 4. The number of esters is 1. The summed E-state index contributed by atoms with van der Waals surface area (Å²) in [6.07, 6.45) is 3.68. The quantitative estimate of drug-likeness (QED) is 0.473. The van der Waals surface area contributed by atoms with E-state index in [-0.39, 0.29) is 11.4 Å². The number of fused-ring (bicyclic) bond motifs is 3. The van der Waals surface area contributed by atoms with Crippen molar-refractivity contribution in [3.8, 4) is 11.3 Å². The lowest BCUT2D eigenvalue weighted by Crippen LogP contribution is -2.10. The molecule has 0 bridgehead atoms. The summed E-state index contributed by atoms with van der Waals surface area (Å²) in [5, 5.41) is 0. The Kier molecular flexibility index (Phi) is 4.38. The highest BCUT2D eigenvalue weighted by Gasteiger charge is 2.16. The summed E-state index contributed by atoms with van der Waals surface area (Å²) >= 11 is 0. The fourth-order valence-corrected chi connectivity index (χ4v) is 3.32. The van der Waals surface area contributed by atoms with E-state index in [0.29, 0.717) is 12.2 Å². The van der Waals surface area contributed by atoms with Crippen molar-refractivity contribution in [3.05, 3.63) is 66.0 Å². The lowest BCUT2D eigenvalue weighted by atomic mass is 9.86. The molecule has 0 atom stereocenters. The average Bonchev–Trinajstić information content (AvgIpc) is 3.16. The molecule has 0 aliphatic rings. The van der Waals surface area contributed by atoms with Gasteiger partial charge in [-0.05, 0) is 36.1 Å². The van der Waals surface area contributed by atoms with Gasteiger partial charge in [0.05, 0.1) is 23.2 Å². The summed E-state index contributed by atoms with van der Waals surface area (Å²) in [5.41, 5.74) is 6.05. The normalized spacial score (nSPS) is 11.9. The van der Waals surface area contributed by atoms with Crippen LogP contribution in [0.2, 0.25) is 0 Å². The van der Waals surface area contributed by atoms with E-state index in [2.05, 4.69) is 50.0 Å². The molecule has 142 valence electrons. The van der Waals surface area contributed by atoms with Gasteiger partial charge < -0.3 is 4.74 Å². The second kappa shape index (κ2) is 6.75. The minimum absolute atomic E-state index is 0.0898. The third kappa shape index (κ3) is 3.13. The topological polar surface area (TPSA) is 56.5 Å². The maximum Gasteiger partial charge on any atom is 0.338 e. The molecule has 0 saturated carbocycles. The number of benzene rings is 2.